The molecular formula is C13H18ClNO2S2. The summed E-state index contributed by atoms with van der Waals surface area (Å²) in [5, 5.41) is 0. The van der Waals surface area contributed by atoms with Gasteiger partial charge in [0.25, 0.3) is 10.0 Å². The first kappa shape index (κ1) is 13.9. The van der Waals surface area contributed by atoms with Gasteiger partial charge in [-0.2, -0.15) is 4.31 Å². The van der Waals surface area contributed by atoms with E-state index in [9.17, 15) is 8.42 Å². The second-order valence-electron chi connectivity index (χ2n) is 5.43. The van der Waals surface area contributed by atoms with Gasteiger partial charge in [0.15, 0.2) is 0 Å². The minimum atomic E-state index is -3.34. The highest BCUT2D eigenvalue weighted by Crippen LogP contribution is 2.39. The van der Waals surface area contributed by atoms with Crippen molar-refractivity contribution in [2.45, 2.75) is 48.8 Å². The topological polar surface area (TPSA) is 37.4 Å². The van der Waals surface area contributed by atoms with Crippen LogP contribution in [0.2, 0.25) is 4.34 Å². The minimum absolute atomic E-state index is 0.216. The summed E-state index contributed by atoms with van der Waals surface area (Å²) < 4.78 is 28.1. The number of nitrogens with zero attached hydrogens (tertiary/aromatic N) is 1. The van der Waals surface area contributed by atoms with Crippen molar-refractivity contribution in [2.24, 2.45) is 5.92 Å². The molecule has 1 saturated heterocycles. The molecule has 1 aliphatic carbocycles. The summed E-state index contributed by atoms with van der Waals surface area (Å²) >= 11 is 7.04. The summed E-state index contributed by atoms with van der Waals surface area (Å²) in [4.78, 5) is 0. The number of thiophene rings is 1. The van der Waals surface area contributed by atoms with Gasteiger partial charge in [-0.1, -0.05) is 24.4 Å². The van der Waals surface area contributed by atoms with E-state index in [1.165, 1.54) is 19.3 Å². The first-order valence-corrected chi connectivity index (χ1v) is 9.49. The van der Waals surface area contributed by atoms with Crippen LogP contribution in [0.4, 0.5) is 0 Å². The van der Waals surface area contributed by atoms with E-state index < -0.39 is 10.0 Å². The van der Waals surface area contributed by atoms with Crippen molar-refractivity contribution in [1.29, 1.82) is 0 Å². The number of fused-ring (bicyclic) bond motifs is 1. The normalized spacial score (nSPS) is 29.1. The zero-order valence-corrected chi connectivity index (χ0v) is 13.1. The van der Waals surface area contributed by atoms with Gasteiger partial charge < -0.3 is 0 Å². The zero-order valence-electron chi connectivity index (χ0n) is 10.7. The molecule has 19 heavy (non-hydrogen) atoms. The Balaban J connectivity index is 1.91. The predicted molar refractivity (Wildman–Crippen MR) is 78.2 cm³/mol. The second-order valence-corrected chi connectivity index (χ2v) is 9.26. The Hall–Kier alpha value is -0.100. The third kappa shape index (κ3) is 2.58. The van der Waals surface area contributed by atoms with Crippen LogP contribution in [-0.4, -0.2) is 25.3 Å². The second kappa shape index (κ2) is 5.35. The van der Waals surface area contributed by atoms with E-state index >= 15 is 0 Å². The van der Waals surface area contributed by atoms with Crippen molar-refractivity contribution in [1.82, 2.24) is 4.31 Å². The van der Waals surface area contributed by atoms with Crippen LogP contribution in [0.25, 0.3) is 0 Å². The lowest BCUT2D eigenvalue weighted by atomic mass is 9.79. The zero-order chi connectivity index (χ0) is 13.5. The van der Waals surface area contributed by atoms with Crippen LogP contribution < -0.4 is 0 Å². The summed E-state index contributed by atoms with van der Waals surface area (Å²) in [7, 11) is -3.34. The van der Waals surface area contributed by atoms with E-state index in [1.54, 1.807) is 16.4 Å². The van der Waals surface area contributed by atoms with Crippen molar-refractivity contribution in [3.8, 4) is 0 Å². The number of rotatable bonds is 2. The molecule has 1 aromatic heterocycles. The first-order chi connectivity index (χ1) is 9.09. The highest BCUT2D eigenvalue weighted by atomic mass is 35.5. The quantitative estimate of drug-likeness (QED) is 0.832. The maximum absolute atomic E-state index is 12.7. The molecule has 0 N–H and O–H groups in total. The average Bonchev–Trinajstić information content (AvgIpc) is 2.85. The van der Waals surface area contributed by atoms with Crippen LogP contribution >= 0.6 is 22.9 Å². The Morgan fingerprint density at radius 2 is 1.89 bits per heavy atom. The van der Waals surface area contributed by atoms with Gasteiger partial charge in [-0.05, 0) is 43.7 Å². The standard InChI is InChI=1S/C13H18ClNO2S2/c14-12-7-8-13(18-12)19(16,17)15-9-3-5-10-4-1-2-6-11(10)15/h7-8,10-11H,1-6,9H2. The maximum Gasteiger partial charge on any atom is 0.252 e. The third-order valence-electron chi connectivity index (χ3n) is 4.30. The summed E-state index contributed by atoms with van der Waals surface area (Å²) in [6, 6.07) is 3.52. The Bertz CT molecular complexity index is 553. The highest BCUT2D eigenvalue weighted by molar-refractivity contribution is 7.91. The minimum Gasteiger partial charge on any atom is -0.206 e. The molecule has 0 amide bonds. The Morgan fingerprint density at radius 1 is 1.16 bits per heavy atom. The van der Waals surface area contributed by atoms with E-state index in [0.717, 1.165) is 30.6 Å². The molecule has 1 aliphatic heterocycles. The van der Waals surface area contributed by atoms with Crippen LogP contribution in [0.5, 0.6) is 0 Å². The van der Waals surface area contributed by atoms with E-state index in [1.807, 2.05) is 0 Å². The fourth-order valence-corrected chi connectivity index (χ4v) is 6.80. The lowest BCUT2D eigenvalue weighted by molar-refractivity contribution is 0.129. The van der Waals surface area contributed by atoms with Crippen molar-refractivity contribution in [3.63, 3.8) is 0 Å². The van der Waals surface area contributed by atoms with Crippen LogP contribution in [0, 0.1) is 5.92 Å². The van der Waals surface area contributed by atoms with Crippen LogP contribution in [0.1, 0.15) is 38.5 Å². The summed E-state index contributed by atoms with van der Waals surface area (Å²) in [6.07, 6.45) is 6.77. The summed E-state index contributed by atoms with van der Waals surface area (Å²) in [6.45, 7) is 0.666. The largest absolute Gasteiger partial charge is 0.252 e. The summed E-state index contributed by atoms with van der Waals surface area (Å²) in [5.74, 6) is 0.563. The molecule has 1 saturated carbocycles. The molecule has 0 spiro atoms. The fourth-order valence-electron chi connectivity index (χ4n) is 3.43. The van der Waals surface area contributed by atoms with Gasteiger partial charge in [0, 0.05) is 12.6 Å². The van der Waals surface area contributed by atoms with Crippen LogP contribution in [-0.2, 0) is 10.0 Å². The molecule has 2 unspecified atom stereocenters. The van der Waals surface area contributed by atoms with Gasteiger partial charge in [-0.25, -0.2) is 8.42 Å². The fraction of sp³-hybridized carbons (Fsp3) is 0.692. The molecule has 0 bridgehead atoms. The predicted octanol–water partition coefficient (Wildman–Crippen LogP) is 3.74. The molecule has 2 aliphatic rings. The Labute approximate surface area is 123 Å². The molecule has 2 atom stereocenters. The van der Waals surface area contributed by atoms with E-state index in [2.05, 4.69) is 0 Å². The Kier molecular flexibility index (Phi) is 3.91. The lowest BCUT2D eigenvalue weighted by Crippen LogP contribution is -2.49. The number of sulfonamides is 1. The van der Waals surface area contributed by atoms with E-state index in [0.29, 0.717) is 21.0 Å². The van der Waals surface area contributed by atoms with Crippen molar-refractivity contribution >= 4 is 33.0 Å². The van der Waals surface area contributed by atoms with Gasteiger partial charge in [-0.15, -0.1) is 11.3 Å². The lowest BCUT2D eigenvalue weighted by Gasteiger charge is -2.42. The molecule has 0 aromatic carbocycles. The molecule has 6 heteroatoms. The number of hydrogen-bond acceptors (Lipinski definition) is 3. The number of hydrogen-bond donors (Lipinski definition) is 0. The molecule has 3 nitrogen and oxygen atoms in total. The van der Waals surface area contributed by atoms with Crippen molar-refractivity contribution in [2.75, 3.05) is 6.54 Å². The third-order valence-corrected chi connectivity index (χ3v) is 7.93. The molecule has 0 radical (unpaired) electrons. The van der Waals surface area contributed by atoms with Gasteiger partial charge in [0.1, 0.15) is 4.21 Å². The molecule has 106 valence electrons. The smallest absolute Gasteiger partial charge is 0.206 e. The van der Waals surface area contributed by atoms with E-state index in [-0.39, 0.29) is 6.04 Å². The van der Waals surface area contributed by atoms with Gasteiger partial charge in [0.2, 0.25) is 0 Å². The van der Waals surface area contributed by atoms with Crippen LogP contribution in [0.15, 0.2) is 16.3 Å². The average molecular weight is 320 g/mol. The number of halogens is 1. The monoisotopic (exact) mass is 319 g/mol. The first-order valence-electron chi connectivity index (χ1n) is 6.86. The van der Waals surface area contributed by atoms with Crippen LogP contribution in [0.3, 0.4) is 0 Å². The van der Waals surface area contributed by atoms with Gasteiger partial charge >= 0.3 is 0 Å². The molecule has 2 heterocycles. The summed E-state index contributed by atoms with van der Waals surface area (Å²) in [5.41, 5.74) is 0. The van der Waals surface area contributed by atoms with Crippen molar-refractivity contribution in [3.05, 3.63) is 16.5 Å². The highest BCUT2D eigenvalue weighted by Gasteiger charge is 2.40. The molecule has 2 fully saturated rings. The van der Waals surface area contributed by atoms with Gasteiger partial charge in [0.05, 0.1) is 4.34 Å². The maximum atomic E-state index is 12.7. The molecular weight excluding hydrogens is 302 g/mol. The van der Waals surface area contributed by atoms with E-state index in [4.69, 9.17) is 11.6 Å². The van der Waals surface area contributed by atoms with Crippen molar-refractivity contribution < 1.29 is 8.42 Å². The van der Waals surface area contributed by atoms with Gasteiger partial charge in [-0.3, -0.25) is 0 Å². The molecule has 1 aromatic rings. The molecule has 3 rings (SSSR count). The number of piperidine rings is 1. The Morgan fingerprint density at radius 3 is 2.63 bits per heavy atom. The SMILES string of the molecule is O=S(=O)(c1ccc(Cl)s1)N1CCCC2CCCCC21.